The highest BCUT2D eigenvalue weighted by Gasteiger charge is 2.32. The van der Waals surface area contributed by atoms with Crippen LogP contribution in [0, 0.1) is 6.92 Å². The lowest BCUT2D eigenvalue weighted by Gasteiger charge is -2.22. The molecule has 1 unspecified atom stereocenters. The maximum atomic E-state index is 12.9. The predicted octanol–water partition coefficient (Wildman–Crippen LogP) is 2.29. The average Bonchev–Trinajstić information content (AvgIpc) is 3.35. The summed E-state index contributed by atoms with van der Waals surface area (Å²) in [6.45, 7) is 2.77. The van der Waals surface area contributed by atoms with Gasteiger partial charge in [-0.2, -0.15) is 5.10 Å². The fourth-order valence-corrected chi connectivity index (χ4v) is 3.30. The Hall–Kier alpha value is -2.96. The largest absolute Gasteiger partial charge is 0.330 e. The Balaban J connectivity index is 1.57. The third-order valence-electron chi connectivity index (χ3n) is 4.63. The average molecular weight is 336 g/mol. The monoisotopic (exact) mass is 336 g/mol. The molecule has 1 aliphatic rings. The number of rotatable bonds is 3. The van der Waals surface area contributed by atoms with Crippen molar-refractivity contribution in [1.82, 2.24) is 29.7 Å². The molecule has 0 saturated carbocycles. The second-order valence-corrected chi connectivity index (χ2v) is 6.49. The lowest BCUT2D eigenvalue weighted by molar-refractivity contribution is 0.0729. The van der Waals surface area contributed by atoms with Gasteiger partial charge in [-0.1, -0.05) is 22.9 Å². The maximum absolute atomic E-state index is 12.9. The van der Waals surface area contributed by atoms with Gasteiger partial charge in [0.15, 0.2) is 5.69 Å². The zero-order valence-electron chi connectivity index (χ0n) is 14.3. The van der Waals surface area contributed by atoms with Crippen LogP contribution in [0.25, 0.3) is 5.69 Å². The van der Waals surface area contributed by atoms with Crippen LogP contribution in [0.3, 0.4) is 0 Å². The van der Waals surface area contributed by atoms with E-state index >= 15 is 0 Å². The first-order chi connectivity index (χ1) is 12.1. The third-order valence-corrected chi connectivity index (χ3v) is 4.63. The first-order valence-electron chi connectivity index (χ1n) is 8.41. The molecule has 1 atom stereocenters. The van der Waals surface area contributed by atoms with Crippen molar-refractivity contribution in [2.45, 2.75) is 25.8 Å². The summed E-state index contributed by atoms with van der Waals surface area (Å²) in [4.78, 5) is 14.8. The Labute approximate surface area is 145 Å². The molecule has 7 nitrogen and oxygen atoms in total. The van der Waals surface area contributed by atoms with Crippen LogP contribution in [0.2, 0.25) is 0 Å². The molecule has 1 fully saturated rings. The van der Waals surface area contributed by atoms with Crippen LogP contribution in [0.4, 0.5) is 0 Å². The first-order valence-corrected chi connectivity index (χ1v) is 8.41. The van der Waals surface area contributed by atoms with Crippen molar-refractivity contribution in [1.29, 1.82) is 0 Å². The fourth-order valence-electron chi connectivity index (χ4n) is 3.30. The summed E-state index contributed by atoms with van der Waals surface area (Å²) in [5.41, 5.74) is 3.51. The van der Waals surface area contributed by atoms with Gasteiger partial charge in [0.1, 0.15) is 0 Å². The van der Waals surface area contributed by atoms with E-state index in [1.807, 2.05) is 55.5 Å². The van der Waals surface area contributed by atoms with Crippen LogP contribution >= 0.6 is 0 Å². The molecule has 25 heavy (non-hydrogen) atoms. The van der Waals surface area contributed by atoms with E-state index in [1.165, 1.54) is 5.56 Å². The molecule has 128 valence electrons. The summed E-state index contributed by atoms with van der Waals surface area (Å²) < 4.78 is 3.41. The van der Waals surface area contributed by atoms with Crippen molar-refractivity contribution in [2.75, 3.05) is 6.54 Å². The number of hydrogen-bond donors (Lipinski definition) is 0. The van der Waals surface area contributed by atoms with Crippen molar-refractivity contribution in [2.24, 2.45) is 7.05 Å². The van der Waals surface area contributed by atoms with E-state index < -0.39 is 0 Å². The molecule has 7 heteroatoms. The minimum absolute atomic E-state index is 0.0609. The van der Waals surface area contributed by atoms with Gasteiger partial charge in [0.25, 0.3) is 5.91 Å². The predicted molar refractivity (Wildman–Crippen MR) is 92.3 cm³/mol. The number of carbonyl (C=O) groups is 1. The number of nitrogens with zero attached hydrogens (tertiary/aromatic N) is 6. The summed E-state index contributed by atoms with van der Waals surface area (Å²) >= 11 is 0. The van der Waals surface area contributed by atoms with Gasteiger partial charge in [0.05, 0.1) is 24.1 Å². The van der Waals surface area contributed by atoms with Gasteiger partial charge in [0, 0.05) is 25.4 Å². The Morgan fingerprint density at radius 1 is 1.20 bits per heavy atom. The summed E-state index contributed by atoms with van der Waals surface area (Å²) in [6, 6.07) is 8.01. The number of carbonyl (C=O) groups excluding carboxylic acids is 1. The van der Waals surface area contributed by atoms with Gasteiger partial charge < -0.3 is 4.90 Å². The smallest absolute Gasteiger partial charge is 0.276 e. The molecule has 3 aromatic rings. The van der Waals surface area contributed by atoms with E-state index in [9.17, 15) is 4.79 Å². The molecule has 1 amide bonds. The highest BCUT2D eigenvalue weighted by molar-refractivity contribution is 5.92. The molecule has 1 aliphatic heterocycles. The Bertz CT molecular complexity index is 894. The summed E-state index contributed by atoms with van der Waals surface area (Å²) in [5, 5.41) is 12.4. The number of benzene rings is 1. The van der Waals surface area contributed by atoms with Crippen molar-refractivity contribution in [3.63, 3.8) is 0 Å². The Morgan fingerprint density at radius 3 is 2.72 bits per heavy atom. The standard InChI is InChI=1S/C18H20N6O/c1-13-5-7-15(8-6-13)24-12-16(20-21-24)18(25)23-9-3-4-17(23)14-10-19-22(2)11-14/h5-8,10-12,17H,3-4,9H2,1-2H3. The molecule has 1 aromatic carbocycles. The zero-order chi connectivity index (χ0) is 17.4. The molecule has 0 N–H and O–H groups in total. The molecule has 3 heterocycles. The van der Waals surface area contributed by atoms with E-state index in [0.717, 1.165) is 30.6 Å². The van der Waals surface area contributed by atoms with E-state index in [4.69, 9.17) is 0 Å². The second-order valence-electron chi connectivity index (χ2n) is 6.49. The fraction of sp³-hybridized carbons (Fsp3) is 0.333. The van der Waals surface area contributed by atoms with Gasteiger partial charge in [-0.25, -0.2) is 4.68 Å². The minimum atomic E-state index is -0.0790. The Morgan fingerprint density at radius 2 is 2.00 bits per heavy atom. The van der Waals surface area contributed by atoms with Gasteiger partial charge in [0.2, 0.25) is 0 Å². The van der Waals surface area contributed by atoms with Gasteiger partial charge >= 0.3 is 0 Å². The molecular weight excluding hydrogens is 316 g/mol. The summed E-state index contributed by atoms with van der Waals surface area (Å²) in [7, 11) is 1.89. The van der Waals surface area contributed by atoms with E-state index in [1.54, 1.807) is 15.6 Å². The molecule has 4 rings (SSSR count). The van der Waals surface area contributed by atoms with Gasteiger partial charge in [-0.05, 0) is 31.9 Å². The maximum Gasteiger partial charge on any atom is 0.276 e. The van der Waals surface area contributed by atoms with E-state index in [-0.39, 0.29) is 11.9 Å². The number of aromatic nitrogens is 5. The van der Waals surface area contributed by atoms with Crippen molar-refractivity contribution in [3.8, 4) is 5.69 Å². The molecule has 0 bridgehead atoms. The third kappa shape index (κ3) is 2.93. The number of hydrogen-bond acceptors (Lipinski definition) is 4. The summed E-state index contributed by atoms with van der Waals surface area (Å²) in [5.74, 6) is -0.0790. The topological polar surface area (TPSA) is 68.8 Å². The van der Waals surface area contributed by atoms with Crippen LogP contribution in [-0.4, -0.2) is 42.1 Å². The first kappa shape index (κ1) is 15.6. The lowest BCUT2D eigenvalue weighted by Crippen LogP contribution is -2.30. The number of likely N-dealkylation sites (tertiary alicyclic amines) is 1. The SMILES string of the molecule is Cc1ccc(-n2cc(C(=O)N3CCCC3c3cnn(C)c3)nn2)cc1. The normalized spacial score (nSPS) is 17.2. The highest BCUT2D eigenvalue weighted by atomic mass is 16.2. The molecular formula is C18H20N6O. The Kier molecular flexibility index (Phi) is 3.83. The van der Waals surface area contributed by atoms with Crippen molar-refractivity contribution >= 4 is 5.91 Å². The van der Waals surface area contributed by atoms with E-state index in [2.05, 4.69) is 15.4 Å². The minimum Gasteiger partial charge on any atom is -0.330 e. The lowest BCUT2D eigenvalue weighted by atomic mass is 10.1. The van der Waals surface area contributed by atoms with Crippen LogP contribution in [0.5, 0.6) is 0 Å². The zero-order valence-corrected chi connectivity index (χ0v) is 14.3. The summed E-state index contributed by atoms with van der Waals surface area (Å²) in [6.07, 6.45) is 7.44. The van der Waals surface area contributed by atoms with Gasteiger partial charge in [-0.3, -0.25) is 9.48 Å². The molecule has 0 aliphatic carbocycles. The van der Waals surface area contributed by atoms with Crippen LogP contribution in [0.15, 0.2) is 42.9 Å². The van der Waals surface area contributed by atoms with Crippen molar-refractivity contribution < 1.29 is 4.79 Å². The van der Waals surface area contributed by atoms with Crippen LogP contribution in [-0.2, 0) is 7.05 Å². The molecule has 2 aromatic heterocycles. The second kappa shape index (κ2) is 6.16. The quantitative estimate of drug-likeness (QED) is 0.736. The molecule has 0 spiro atoms. The van der Waals surface area contributed by atoms with Crippen LogP contribution in [0.1, 0.15) is 40.5 Å². The van der Waals surface area contributed by atoms with E-state index in [0.29, 0.717) is 5.69 Å². The van der Waals surface area contributed by atoms with Gasteiger partial charge in [-0.15, -0.1) is 5.10 Å². The van der Waals surface area contributed by atoms with Crippen LogP contribution < -0.4 is 0 Å². The highest BCUT2D eigenvalue weighted by Crippen LogP contribution is 2.32. The molecule has 0 radical (unpaired) electrons. The molecule has 1 saturated heterocycles. The number of amides is 1. The van der Waals surface area contributed by atoms with Crippen molar-refractivity contribution in [3.05, 3.63) is 59.7 Å². The number of aryl methyl sites for hydroxylation is 2.